The molecular formula is C10H22N3O5PS. The molecular weight excluding hydrogens is 305 g/mol. The molecule has 0 fully saturated rings. The van der Waals surface area contributed by atoms with Crippen LogP contribution in [0.25, 0.3) is 0 Å². The SMILES string of the molecule is COC(=O)[C@H](C)NP(=O)(N[C@@H](C)C(=O)OC)SCCN. The molecule has 2 atom stereocenters. The molecule has 0 unspecified atom stereocenters. The summed E-state index contributed by atoms with van der Waals surface area (Å²) in [4.78, 5) is 22.8. The Morgan fingerprint density at radius 2 is 1.55 bits per heavy atom. The normalized spacial score (nSPS) is 14.4. The van der Waals surface area contributed by atoms with Crippen LogP contribution in [0.2, 0.25) is 0 Å². The Kier molecular flexibility index (Phi) is 9.08. The molecule has 0 aromatic heterocycles. The predicted molar refractivity (Wildman–Crippen MR) is 78.3 cm³/mol. The van der Waals surface area contributed by atoms with Crippen molar-refractivity contribution >= 4 is 30.0 Å². The van der Waals surface area contributed by atoms with Crippen molar-refractivity contribution in [2.45, 2.75) is 25.9 Å². The number of esters is 2. The number of hydrogen-bond donors (Lipinski definition) is 3. The van der Waals surface area contributed by atoms with E-state index < -0.39 is 30.7 Å². The molecule has 0 aliphatic carbocycles. The fourth-order valence-electron chi connectivity index (χ4n) is 1.26. The van der Waals surface area contributed by atoms with Crippen LogP contribution in [-0.4, -0.2) is 50.5 Å². The highest BCUT2D eigenvalue weighted by molar-refractivity contribution is 8.56. The van der Waals surface area contributed by atoms with Crippen LogP contribution in [0.5, 0.6) is 0 Å². The number of nitrogens with two attached hydrogens (primary N) is 1. The van der Waals surface area contributed by atoms with E-state index in [1.54, 1.807) is 0 Å². The largest absolute Gasteiger partial charge is 0.468 e. The highest BCUT2D eigenvalue weighted by Crippen LogP contribution is 2.51. The maximum Gasteiger partial charge on any atom is 0.322 e. The van der Waals surface area contributed by atoms with E-state index in [1.165, 1.54) is 28.1 Å². The molecule has 0 aliphatic heterocycles. The number of hydrogen-bond acceptors (Lipinski definition) is 7. The Hall–Kier alpha value is -0.600. The fraction of sp³-hybridized carbons (Fsp3) is 0.800. The van der Waals surface area contributed by atoms with Gasteiger partial charge in [-0.3, -0.25) is 14.2 Å². The molecule has 0 rings (SSSR count). The van der Waals surface area contributed by atoms with Gasteiger partial charge in [0, 0.05) is 12.3 Å². The molecule has 0 aromatic carbocycles. The molecule has 20 heavy (non-hydrogen) atoms. The van der Waals surface area contributed by atoms with E-state index in [0.717, 1.165) is 11.4 Å². The third kappa shape index (κ3) is 6.71. The topological polar surface area (TPSA) is 120 Å². The number of methoxy groups -OCH3 is 2. The Morgan fingerprint density at radius 1 is 1.15 bits per heavy atom. The molecule has 118 valence electrons. The van der Waals surface area contributed by atoms with Crippen LogP contribution in [-0.2, 0) is 23.6 Å². The first-order valence-corrected chi connectivity index (χ1v) is 9.25. The van der Waals surface area contributed by atoms with Crippen molar-refractivity contribution in [1.82, 2.24) is 10.2 Å². The Bertz CT molecular complexity index is 354. The highest BCUT2D eigenvalue weighted by atomic mass is 32.7. The van der Waals surface area contributed by atoms with E-state index in [1.807, 2.05) is 0 Å². The second-order valence-electron chi connectivity index (χ2n) is 3.92. The first-order chi connectivity index (χ1) is 9.29. The number of rotatable bonds is 9. The van der Waals surface area contributed by atoms with Crippen LogP contribution in [0.1, 0.15) is 13.8 Å². The van der Waals surface area contributed by atoms with Crippen LogP contribution in [0.4, 0.5) is 0 Å². The van der Waals surface area contributed by atoms with Gasteiger partial charge in [-0.15, -0.1) is 0 Å². The molecule has 0 aromatic rings. The molecule has 0 aliphatic rings. The zero-order valence-electron chi connectivity index (χ0n) is 12.0. The molecule has 0 bridgehead atoms. The van der Waals surface area contributed by atoms with Gasteiger partial charge in [0.05, 0.1) is 14.2 Å². The van der Waals surface area contributed by atoms with Gasteiger partial charge in [0.25, 0.3) is 6.65 Å². The maximum absolute atomic E-state index is 12.7. The van der Waals surface area contributed by atoms with Gasteiger partial charge in [-0.05, 0) is 13.8 Å². The Morgan fingerprint density at radius 3 is 1.85 bits per heavy atom. The van der Waals surface area contributed by atoms with Gasteiger partial charge in [-0.2, -0.15) is 0 Å². The van der Waals surface area contributed by atoms with Crippen molar-refractivity contribution in [3.8, 4) is 0 Å². The van der Waals surface area contributed by atoms with Crippen LogP contribution >= 0.6 is 18.0 Å². The lowest BCUT2D eigenvalue weighted by Gasteiger charge is -2.25. The third-order valence-corrected chi connectivity index (χ3v) is 6.73. The number of carbonyl (C=O) groups is 2. The van der Waals surface area contributed by atoms with E-state index in [-0.39, 0.29) is 0 Å². The lowest BCUT2D eigenvalue weighted by atomic mass is 10.4. The smallest absolute Gasteiger partial charge is 0.322 e. The van der Waals surface area contributed by atoms with Gasteiger partial charge in [-0.1, -0.05) is 11.4 Å². The molecule has 0 spiro atoms. The van der Waals surface area contributed by atoms with E-state index in [2.05, 4.69) is 19.6 Å². The first-order valence-electron chi connectivity index (χ1n) is 5.95. The lowest BCUT2D eigenvalue weighted by molar-refractivity contribution is -0.142. The van der Waals surface area contributed by atoms with Crippen molar-refractivity contribution in [1.29, 1.82) is 0 Å². The average Bonchev–Trinajstić information content (AvgIpc) is 2.42. The monoisotopic (exact) mass is 327 g/mol. The maximum atomic E-state index is 12.7. The average molecular weight is 327 g/mol. The summed E-state index contributed by atoms with van der Waals surface area (Å²) >= 11 is 1.03. The fourth-order valence-corrected chi connectivity index (χ4v) is 5.56. The highest BCUT2D eigenvalue weighted by Gasteiger charge is 2.31. The standard InChI is InChI=1S/C10H22N3O5PS/c1-7(9(14)17-3)12-19(16,20-6-5-11)13-8(2)10(15)18-4/h7-8H,5-6,11H2,1-4H3,(H2,12,13,16)/t7-,8-/m0/s1. The number of nitrogens with one attached hydrogen (secondary N) is 2. The molecule has 4 N–H and O–H groups in total. The van der Waals surface area contributed by atoms with Crippen molar-refractivity contribution in [3.63, 3.8) is 0 Å². The molecule has 0 saturated heterocycles. The van der Waals surface area contributed by atoms with Crippen molar-refractivity contribution in [2.24, 2.45) is 5.73 Å². The van der Waals surface area contributed by atoms with E-state index in [4.69, 9.17) is 5.73 Å². The molecule has 0 heterocycles. The van der Waals surface area contributed by atoms with Gasteiger partial charge in [-0.25, -0.2) is 10.2 Å². The molecule has 10 heteroatoms. The zero-order valence-corrected chi connectivity index (χ0v) is 13.8. The number of carbonyl (C=O) groups excluding carboxylic acids is 2. The van der Waals surface area contributed by atoms with Crippen LogP contribution in [0.3, 0.4) is 0 Å². The molecule has 8 nitrogen and oxygen atoms in total. The summed E-state index contributed by atoms with van der Waals surface area (Å²) in [5, 5.41) is 5.32. The van der Waals surface area contributed by atoms with E-state index >= 15 is 0 Å². The van der Waals surface area contributed by atoms with E-state index in [9.17, 15) is 14.2 Å². The van der Waals surface area contributed by atoms with Gasteiger partial charge in [0.2, 0.25) is 0 Å². The summed E-state index contributed by atoms with van der Waals surface area (Å²) in [6, 6.07) is -1.57. The minimum Gasteiger partial charge on any atom is -0.468 e. The molecule has 0 radical (unpaired) electrons. The quantitative estimate of drug-likeness (QED) is 0.399. The minimum absolute atomic E-state index is 0.317. The van der Waals surface area contributed by atoms with Gasteiger partial charge in [0.15, 0.2) is 0 Å². The predicted octanol–water partition coefficient (Wildman–Crippen LogP) is 0.0886. The summed E-state index contributed by atoms with van der Waals surface area (Å²) in [5.41, 5.74) is 5.39. The van der Waals surface area contributed by atoms with Gasteiger partial charge in [0.1, 0.15) is 12.1 Å². The lowest BCUT2D eigenvalue weighted by Crippen LogP contribution is -2.40. The number of ether oxygens (including phenoxy) is 2. The molecule has 0 saturated carbocycles. The summed E-state index contributed by atoms with van der Waals surface area (Å²) in [5.74, 6) is -0.698. The second-order valence-corrected chi connectivity index (χ2v) is 8.52. The minimum atomic E-state index is -3.25. The zero-order chi connectivity index (χ0) is 15.8. The van der Waals surface area contributed by atoms with Crippen LogP contribution < -0.4 is 15.9 Å². The Balaban J connectivity index is 4.86. The second kappa shape index (κ2) is 9.36. The van der Waals surface area contributed by atoms with Crippen molar-refractivity contribution in [2.75, 3.05) is 26.5 Å². The summed E-state index contributed by atoms with van der Waals surface area (Å²) in [6.07, 6.45) is 0. The summed E-state index contributed by atoms with van der Waals surface area (Å²) < 4.78 is 21.8. The van der Waals surface area contributed by atoms with Gasteiger partial charge >= 0.3 is 11.9 Å². The first kappa shape index (κ1) is 19.4. The van der Waals surface area contributed by atoms with Crippen molar-refractivity contribution < 1.29 is 23.6 Å². The summed E-state index contributed by atoms with van der Waals surface area (Å²) in [7, 11) is 2.48. The Labute approximate surface area is 122 Å². The van der Waals surface area contributed by atoms with Crippen molar-refractivity contribution in [3.05, 3.63) is 0 Å². The van der Waals surface area contributed by atoms with Crippen LogP contribution in [0, 0.1) is 0 Å². The third-order valence-electron chi connectivity index (χ3n) is 2.23. The van der Waals surface area contributed by atoms with Gasteiger partial charge < -0.3 is 15.2 Å². The summed E-state index contributed by atoms with van der Waals surface area (Å²) in [6.45, 7) is 0.109. The molecule has 0 amide bonds. The van der Waals surface area contributed by atoms with Crippen LogP contribution in [0.15, 0.2) is 0 Å². The van der Waals surface area contributed by atoms with E-state index in [0.29, 0.717) is 12.3 Å².